The van der Waals surface area contributed by atoms with Crippen LogP contribution in [0.1, 0.15) is 50.2 Å². The molecule has 20 heavy (non-hydrogen) atoms. The van der Waals surface area contributed by atoms with E-state index in [-0.39, 0.29) is 10.4 Å². The molecule has 1 nitrogen and oxygen atoms in total. The van der Waals surface area contributed by atoms with Gasteiger partial charge in [0.2, 0.25) is 0 Å². The second kappa shape index (κ2) is 4.90. The van der Waals surface area contributed by atoms with Crippen LogP contribution in [0.5, 0.6) is 5.75 Å². The van der Waals surface area contributed by atoms with Gasteiger partial charge in [-0.3, -0.25) is 0 Å². The number of benzene rings is 1. The van der Waals surface area contributed by atoms with Crippen LogP contribution >= 0.6 is 15.9 Å². The van der Waals surface area contributed by atoms with E-state index in [0.29, 0.717) is 24.0 Å². The molecule has 1 saturated carbocycles. The van der Waals surface area contributed by atoms with Gasteiger partial charge in [-0.1, -0.05) is 13.8 Å². The van der Waals surface area contributed by atoms with Crippen LogP contribution in [0.3, 0.4) is 0 Å². The number of hydrogen-bond acceptors (Lipinski definition) is 1. The lowest BCUT2D eigenvalue weighted by Crippen LogP contribution is -2.20. The van der Waals surface area contributed by atoms with Crippen LogP contribution in [0, 0.1) is 5.82 Å². The van der Waals surface area contributed by atoms with Crippen LogP contribution in [0.4, 0.5) is 17.6 Å². The molecule has 1 aliphatic carbocycles. The van der Waals surface area contributed by atoms with Crippen molar-refractivity contribution in [1.29, 1.82) is 0 Å². The Bertz CT molecular complexity index is 533. The maximum Gasteiger partial charge on any atom is 0.389 e. The van der Waals surface area contributed by atoms with Gasteiger partial charge < -0.3 is 5.11 Å². The highest BCUT2D eigenvalue weighted by Gasteiger charge is 2.53. The zero-order chi connectivity index (χ0) is 15.3. The van der Waals surface area contributed by atoms with E-state index in [1.165, 1.54) is 6.07 Å². The molecule has 2 rings (SSSR count). The second-order valence-corrected chi connectivity index (χ2v) is 6.51. The molecule has 0 aromatic heterocycles. The fourth-order valence-electron chi connectivity index (χ4n) is 2.54. The molecule has 0 amide bonds. The molecule has 0 unspecified atom stereocenters. The van der Waals surface area contributed by atoms with E-state index < -0.39 is 29.6 Å². The molecule has 0 radical (unpaired) electrons. The van der Waals surface area contributed by atoms with E-state index in [2.05, 4.69) is 15.9 Å². The number of phenolic OH excluding ortho intramolecular Hbond substituents is 1. The van der Waals surface area contributed by atoms with Crippen molar-refractivity contribution in [2.24, 2.45) is 0 Å². The molecule has 0 spiro atoms. The molecule has 1 fully saturated rings. The van der Waals surface area contributed by atoms with Crippen molar-refractivity contribution in [1.82, 2.24) is 0 Å². The predicted octanol–water partition coefficient (Wildman–Crippen LogP) is 5.40. The second-order valence-electron chi connectivity index (χ2n) is 5.72. The van der Waals surface area contributed by atoms with Gasteiger partial charge in [0.05, 0.1) is 10.9 Å². The highest BCUT2D eigenvalue weighted by atomic mass is 79.9. The first-order valence-electron chi connectivity index (χ1n) is 6.35. The van der Waals surface area contributed by atoms with Crippen LogP contribution in [0.15, 0.2) is 10.5 Å². The summed E-state index contributed by atoms with van der Waals surface area (Å²) in [5.74, 6) is -1.53. The largest absolute Gasteiger partial charge is 0.505 e. The average molecular weight is 355 g/mol. The van der Waals surface area contributed by atoms with Gasteiger partial charge in [0.25, 0.3) is 0 Å². The number of rotatable bonds is 3. The molecule has 1 aromatic carbocycles. The molecule has 0 atom stereocenters. The minimum absolute atomic E-state index is 0.0545. The summed E-state index contributed by atoms with van der Waals surface area (Å²) in [6.07, 6.45) is -4.48. The molecule has 112 valence electrons. The Morgan fingerprint density at radius 1 is 1.35 bits per heavy atom. The molecule has 0 saturated heterocycles. The summed E-state index contributed by atoms with van der Waals surface area (Å²) in [4.78, 5) is 0. The summed E-state index contributed by atoms with van der Waals surface area (Å²) < 4.78 is 52.0. The third-order valence-electron chi connectivity index (χ3n) is 3.80. The molecule has 0 bridgehead atoms. The maximum atomic E-state index is 14.0. The highest BCUT2D eigenvalue weighted by Crippen LogP contribution is 2.57. The fraction of sp³-hybridized carbons (Fsp3) is 0.571. The van der Waals surface area contributed by atoms with Crippen molar-refractivity contribution in [3.63, 3.8) is 0 Å². The SMILES string of the molecule is CC(C)c1cc(C2(CC(F)(F)F)CC2)c(Br)c(F)c1O. The van der Waals surface area contributed by atoms with E-state index >= 15 is 0 Å². The minimum atomic E-state index is -4.29. The van der Waals surface area contributed by atoms with Gasteiger partial charge in [0, 0.05) is 5.41 Å². The Labute approximate surface area is 123 Å². The first kappa shape index (κ1) is 15.6. The van der Waals surface area contributed by atoms with E-state index in [1.807, 2.05) is 0 Å². The van der Waals surface area contributed by atoms with E-state index in [1.54, 1.807) is 13.8 Å². The van der Waals surface area contributed by atoms with Crippen LogP contribution in [0.25, 0.3) is 0 Å². The number of phenols is 1. The summed E-state index contributed by atoms with van der Waals surface area (Å²) in [6.45, 7) is 3.52. The quantitative estimate of drug-likeness (QED) is 0.720. The van der Waals surface area contributed by atoms with E-state index in [9.17, 15) is 22.7 Å². The Kier molecular flexibility index (Phi) is 3.82. The minimum Gasteiger partial charge on any atom is -0.505 e. The first-order chi connectivity index (χ1) is 9.07. The Balaban J connectivity index is 2.52. The zero-order valence-electron chi connectivity index (χ0n) is 11.1. The lowest BCUT2D eigenvalue weighted by atomic mass is 9.88. The molecular formula is C14H15BrF4O. The Hall–Kier alpha value is -0.780. The third kappa shape index (κ3) is 2.80. The van der Waals surface area contributed by atoms with Gasteiger partial charge in [-0.25, -0.2) is 4.39 Å². The van der Waals surface area contributed by atoms with Crippen molar-refractivity contribution in [3.8, 4) is 5.75 Å². The number of alkyl halides is 3. The van der Waals surface area contributed by atoms with Crippen LogP contribution in [-0.4, -0.2) is 11.3 Å². The summed E-state index contributed by atoms with van der Waals surface area (Å²) in [5.41, 5.74) is -0.391. The highest BCUT2D eigenvalue weighted by molar-refractivity contribution is 9.10. The number of halogens is 5. The van der Waals surface area contributed by atoms with E-state index in [0.717, 1.165) is 0 Å². The van der Waals surface area contributed by atoms with Gasteiger partial charge >= 0.3 is 6.18 Å². The molecule has 0 aliphatic heterocycles. The average Bonchev–Trinajstić information content (AvgIpc) is 3.03. The normalized spacial score (nSPS) is 17.6. The monoisotopic (exact) mass is 354 g/mol. The maximum absolute atomic E-state index is 14.0. The standard InChI is InChI=1S/C14H15BrF4O/c1-7(2)8-5-9(10(15)11(16)12(8)20)13(3-4-13)6-14(17,18)19/h5,7,20H,3-4,6H2,1-2H3. The van der Waals surface area contributed by atoms with Crippen molar-refractivity contribution in [2.45, 2.75) is 50.6 Å². The summed E-state index contributed by atoms with van der Waals surface area (Å²) in [5, 5.41) is 9.76. The predicted molar refractivity (Wildman–Crippen MR) is 71.4 cm³/mol. The lowest BCUT2D eigenvalue weighted by Gasteiger charge is -2.22. The molecule has 1 aromatic rings. The summed E-state index contributed by atoms with van der Waals surface area (Å²) >= 11 is 3.00. The lowest BCUT2D eigenvalue weighted by molar-refractivity contribution is -0.141. The topological polar surface area (TPSA) is 20.2 Å². The van der Waals surface area contributed by atoms with Gasteiger partial charge in [0.1, 0.15) is 0 Å². The molecule has 1 N–H and O–H groups in total. The van der Waals surface area contributed by atoms with Gasteiger partial charge in [0.15, 0.2) is 11.6 Å². The number of hydrogen-bond donors (Lipinski definition) is 1. The summed E-state index contributed by atoms with van der Waals surface area (Å²) in [7, 11) is 0. The van der Waals surface area contributed by atoms with E-state index in [4.69, 9.17) is 0 Å². The van der Waals surface area contributed by atoms with Crippen LogP contribution < -0.4 is 0 Å². The van der Waals surface area contributed by atoms with Gasteiger partial charge in [-0.2, -0.15) is 13.2 Å². The first-order valence-corrected chi connectivity index (χ1v) is 7.15. The van der Waals surface area contributed by atoms with Gasteiger partial charge in [-0.05, 0) is 51.9 Å². The number of aromatic hydroxyl groups is 1. The van der Waals surface area contributed by atoms with Crippen molar-refractivity contribution < 1.29 is 22.7 Å². The molecule has 1 aliphatic rings. The van der Waals surface area contributed by atoms with Crippen LogP contribution in [-0.2, 0) is 5.41 Å². The Morgan fingerprint density at radius 3 is 2.30 bits per heavy atom. The zero-order valence-corrected chi connectivity index (χ0v) is 12.7. The van der Waals surface area contributed by atoms with Crippen molar-refractivity contribution >= 4 is 15.9 Å². The van der Waals surface area contributed by atoms with Crippen molar-refractivity contribution in [3.05, 3.63) is 27.5 Å². The molecule has 6 heteroatoms. The Morgan fingerprint density at radius 2 is 1.90 bits per heavy atom. The summed E-state index contributed by atoms with van der Waals surface area (Å²) in [6, 6.07) is 1.51. The van der Waals surface area contributed by atoms with Gasteiger partial charge in [-0.15, -0.1) is 0 Å². The third-order valence-corrected chi connectivity index (χ3v) is 4.57. The molecular weight excluding hydrogens is 340 g/mol. The smallest absolute Gasteiger partial charge is 0.389 e. The van der Waals surface area contributed by atoms with Crippen molar-refractivity contribution in [2.75, 3.05) is 0 Å². The van der Waals surface area contributed by atoms with Crippen LogP contribution in [0.2, 0.25) is 0 Å². The molecule has 0 heterocycles. The fourth-order valence-corrected chi connectivity index (χ4v) is 3.26.